The van der Waals surface area contributed by atoms with Crippen LogP contribution in [0.4, 0.5) is 10.8 Å². The van der Waals surface area contributed by atoms with Crippen LogP contribution in [0, 0.1) is 6.92 Å². The van der Waals surface area contributed by atoms with Crippen LogP contribution >= 0.6 is 11.3 Å². The first-order valence-electron chi connectivity index (χ1n) is 9.40. The van der Waals surface area contributed by atoms with Crippen LogP contribution in [-0.2, 0) is 19.9 Å². The molecule has 0 atom stereocenters. The number of sulfonamides is 1. The molecule has 170 valence electrons. The predicted molar refractivity (Wildman–Crippen MR) is 123 cm³/mol. The molecular formula is C21H17N3O6S3. The second-order valence-electron chi connectivity index (χ2n) is 6.86. The van der Waals surface area contributed by atoms with E-state index in [1.165, 1.54) is 54.7 Å². The summed E-state index contributed by atoms with van der Waals surface area (Å²) in [6.45, 7) is 1.84. The number of amides is 1. The highest BCUT2D eigenvalue weighted by Crippen LogP contribution is 2.24. The molecule has 0 bridgehead atoms. The molecule has 0 aliphatic carbocycles. The molecular weight excluding hydrogens is 486 g/mol. The first kappa shape index (κ1) is 22.7. The van der Waals surface area contributed by atoms with Gasteiger partial charge in [0.1, 0.15) is 0 Å². The van der Waals surface area contributed by atoms with Crippen LogP contribution < -0.4 is 10.0 Å². The smallest absolute Gasteiger partial charge is 0.291 e. The molecule has 0 fully saturated rings. The summed E-state index contributed by atoms with van der Waals surface area (Å²) in [4.78, 5) is 16.4. The molecule has 9 nitrogen and oxygen atoms in total. The van der Waals surface area contributed by atoms with Crippen molar-refractivity contribution in [2.45, 2.75) is 21.8 Å². The number of anilines is 2. The number of benzene rings is 2. The van der Waals surface area contributed by atoms with E-state index in [2.05, 4.69) is 15.0 Å². The number of aryl methyl sites for hydroxylation is 1. The monoisotopic (exact) mass is 503 g/mol. The van der Waals surface area contributed by atoms with Crippen LogP contribution in [0.25, 0.3) is 0 Å². The van der Waals surface area contributed by atoms with E-state index in [0.29, 0.717) is 5.69 Å². The minimum Gasteiger partial charge on any atom is -0.439 e. The number of hydrogen-bond donors (Lipinski definition) is 2. The van der Waals surface area contributed by atoms with Gasteiger partial charge in [-0.25, -0.2) is 21.8 Å². The fourth-order valence-electron chi connectivity index (χ4n) is 2.78. The standard InChI is InChI=1S/C21H17N3O6S3/c1-14-2-6-16(7-3-14)32(26,27)19-11-10-18(30-19)20(25)23-15-4-8-17(9-5-15)33(28,29)24-21-22-12-13-31-21/h2-13H,1H3,(H,22,24)(H,23,25). The molecule has 0 aliphatic rings. The number of aromatic nitrogens is 1. The van der Waals surface area contributed by atoms with Crippen molar-refractivity contribution in [3.8, 4) is 0 Å². The molecule has 0 spiro atoms. The Labute approximate surface area is 194 Å². The van der Waals surface area contributed by atoms with Gasteiger partial charge in [0.25, 0.3) is 15.9 Å². The van der Waals surface area contributed by atoms with Crippen molar-refractivity contribution in [2.75, 3.05) is 10.0 Å². The normalized spacial score (nSPS) is 11.8. The molecule has 0 aliphatic heterocycles. The number of hydrogen-bond acceptors (Lipinski definition) is 8. The second kappa shape index (κ2) is 8.81. The number of thiazole rings is 1. The Bertz CT molecular complexity index is 1490. The highest BCUT2D eigenvalue weighted by molar-refractivity contribution is 7.93. The van der Waals surface area contributed by atoms with E-state index in [9.17, 15) is 21.6 Å². The summed E-state index contributed by atoms with van der Waals surface area (Å²) in [5.74, 6) is -0.889. The molecule has 2 aromatic heterocycles. The Hall–Kier alpha value is -3.48. The summed E-state index contributed by atoms with van der Waals surface area (Å²) in [6, 6.07) is 14.2. The largest absolute Gasteiger partial charge is 0.439 e. The first-order chi connectivity index (χ1) is 15.6. The molecule has 2 N–H and O–H groups in total. The van der Waals surface area contributed by atoms with Crippen LogP contribution in [-0.4, -0.2) is 27.7 Å². The highest BCUT2D eigenvalue weighted by Gasteiger charge is 2.24. The Balaban J connectivity index is 1.47. The third-order valence-corrected chi connectivity index (χ3v) is 8.29. The van der Waals surface area contributed by atoms with E-state index in [1.807, 2.05) is 6.92 Å². The number of nitrogens with zero attached hydrogens (tertiary/aromatic N) is 1. The van der Waals surface area contributed by atoms with Gasteiger partial charge < -0.3 is 9.73 Å². The van der Waals surface area contributed by atoms with E-state index in [0.717, 1.165) is 16.9 Å². The zero-order valence-electron chi connectivity index (χ0n) is 17.0. The molecule has 33 heavy (non-hydrogen) atoms. The molecule has 12 heteroatoms. The maximum absolute atomic E-state index is 12.7. The third kappa shape index (κ3) is 4.97. The van der Waals surface area contributed by atoms with Crippen molar-refractivity contribution >= 4 is 47.9 Å². The average Bonchev–Trinajstić information content (AvgIpc) is 3.47. The summed E-state index contributed by atoms with van der Waals surface area (Å²) >= 11 is 1.14. The van der Waals surface area contributed by atoms with Gasteiger partial charge in [0.15, 0.2) is 10.9 Å². The number of rotatable bonds is 7. The fraction of sp³-hybridized carbons (Fsp3) is 0.0476. The van der Waals surface area contributed by atoms with Crippen LogP contribution in [0.2, 0.25) is 0 Å². The summed E-state index contributed by atoms with van der Waals surface area (Å²) in [7, 11) is -7.73. The molecule has 4 aromatic rings. The third-order valence-electron chi connectivity index (χ3n) is 4.48. The Morgan fingerprint density at radius 3 is 2.21 bits per heavy atom. The van der Waals surface area contributed by atoms with Gasteiger partial charge in [0.2, 0.25) is 14.9 Å². The van der Waals surface area contributed by atoms with Gasteiger partial charge in [-0.05, 0) is 55.5 Å². The summed E-state index contributed by atoms with van der Waals surface area (Å²) in [5, 5.41) is 4.07. The Kier molecular flexibility index (Phi) is 6.06. The lowest BCUT2D eigenvalue weighted by atomic mass is 10.2. The van der Waals surface area contributed by atoms with Gasteiger partial charge in [-0.3, -0.25) is 9.52 Å². The number of nitrogens with one attached hydrogen (secondary N) is 2. The quantitative estimate of drug-likeness (QED) is 0.390. The van der Waals surface area contributed by atoms with Gasteiger partial charge in [0, 0.05) is 17.3 Å². The van der Waals surface area contributed by atoms with Crippen molar-refractivity contribution in [1.82, 2.24) is 4.98 Å². The van der Waals surface area contributed by atoms with Crippen molar-refractivity contribution in [3.63, 3.8) is 0 Å². The second-order valence-corrected chi connectivity index (χ2v) is 11.3. The summed E-state index contributed by atoms with van der Waals surface area (Å²) in [6.07, 6.45) is 1.48. The van der Waals surface area contributed by atoms with Crippen LogP contribution in [0.1, 0.15) is 16.1 Å². The minimum atomic E-state index is -3.91. The van der Waals surface area contributed by atoms with Gasteiger partial charge in [0.05, 0.1) is 9.79 Å². The number of carbonyl (C=O) groups is 1. The summed E-state index contributed by atoms with van der Waals surface area (Å²) in [5.41, 5.74) is 1.21. The van der Waals surface area contributed by atoms with Crippen molar-refractivity contribution in [1.29, 1.82) is 0 Å². The van der Waals surface area contributed by atoms with E-state index >= 15 is 0 Å². The number of carbonyl (C=O) groups excluding carboxylic acids is 1. The predicted octanol–water partition coefficient (Wildman–Crippen LogP) is 3.93. The van der Waals surface area contributed by atoms with Crippen LogP contribution in [0.15, 0.2) is 91.5 Å². The lowest BCUT2D eigenvalue weighted by molar-refractivity contribution is 0.0991. The van der Waals surface area contributed by atoms with E-state index < -0.39 is 25.8 Å². The van der Waals surface area contributed by atoms with Crippen LogP contribution in [0.5, 0.6) is 0 Å². The van der Waals surface area contributed by atoms with Crippen LogP contribution in [0.3, 0.4) is 0 Å². The number of furan rings is 1. The maximum atomic E-state index is 12.7. The molecule has 0 radical (unpaired) electrons. The van der Waals surface area contributed by atoms with E-state index in [4.69, 9.17) is 4.42 Å². The molecule has 0 unspecified atom stereocenters. The van der Waals surface area contributed by atoms with Gasteiger partial charge in [-0.2, -0.15) is 0 Å². The van der Waals surface area contributed by atoms with Crippen molar-refractivity contribution in [2.24, 2.45) is 0 Å². The maximum Gasteiger partial charge on any atom is 0.291 e. The van der Waals surface area contributed by atoms with E-state index in [1.54, 1.807) is 17.5 Å². The molecule has 2 heterocycles. The first-order valence-corrected chi connectivity index (χ1v) is 13.2. The molecule has 1 amide bonds. The Morgan fingerprint density at radius 1 is 0.909 bits per heavy atom. The van der Waals surface area contributed by atoms with Gasteiger partial charge >= 0.3 is 0 Å². The summed E-state index contributed by atoms with van der Waals surface area (Å²) < 4.78 is 57.8. The molecule has 2 aromatic carbocycles. The topological polar surface area (TPSA) is 135 Å². The zero-order valence-corrected chi connectivity index (χ0v) is 19.5. The molecule has 4 rings (SSSR count). The fourth-order valence-corrected chi connectivity index (χ4v) is 5.74. The molecule has 0 saturated heterocycles. The highest BCUT2D eigenvalue weighted by atomic mass is 32.2. The van der Waals surface area contributed by atoms with Gasteiger partial charge in [-0.1, -0.05) is 17.7 Å². The Morgan fingerprint density at radius 2 is 1.58 bits per heavy atom. The number of sulfone groups is 1. The average molecular weight is 504 g/mol. The lowest BCUT2D eigenvalue weighted by Crippen LogP contribution is -2.14. The molecule has 0 saturated carbocycles. The van der Waals surface area contributed by atoms with E-state index in [-0.39, 0.29) is 25.8 Å². The zero-order chi connectivity index (χ0) is 23.6. The van der Waals surface area contributed by atoms with Gasteiger partial charge in [-0.15, -0.1) is 11.3 Å². The van der Waals surface area contributed by atoms with Crippen molar-refractivity contribution in [3.05, 3.63) is 83.6 Å². The van der Waals surface area contributed by atoms with Crippen molar-refractivity contribution < 1.29 is 26.0 Å². The SMILES string of the molecule is Cc1ccc(S(=O)(=O)c2ccc(C(=O)Nc3ccc(S(=O)(=O)Nc4nccs4)cc3)o2)cc1. The lowest BCUT2D eigenvalue weighted by Gasteiger charge is -2.07. The minimum absolute atomic E-state index is 0.0137.